The van der Waals surface area contributed by atoms with Crippen molar-refractivity contribution in [1.82, 2.24) is 4.72 Å². The first-order valence-corrected chi connectivity index (χ1v) is 9.03. The number of carboxylic acid groups (broad SMARTS) is 1. The highest BCUT2D eigenvalue weighted by molar-refractivity contribution is 7.90. The molecule has 21 heavy (non-hydrogen) atoms. The summed E-state index contributed by atoms with van der Waals surface area (Å²) in [7, 11) is -3.84. The standard InChI is InChI=1S/C14H17NO4S2/c1-2-3-7-11(14(16)17)15-21(18,19)13-9-20-12-8-5-4-6-10(12)13/h4-6,8-9,11,15H,2-3,7H2,1H3,(H,16,17)/t11-/m0/s1. The topological polar surface area (TPSA) is 83.5 Å². The lowest BCUT2D eigenvalue weighted by atomic mass is 10.1. The zero-order valence-corrected chi connectivity index (χ0v) is 13.2. The predicted octanol–water partition coefficient (Wildman–Crippen LogP) is 2.82. The SMILES string of the molecule is CCCC[C@H](NS(=O)(=O)c1csc2ccccc12)C(=O)O. The Morgan fingerprint density at radius 2 is 2.10 bits per heavy atom. The average molecular weight is 327 g/mol. The Bertz CT molecular complexity index is 736. The molecule has 1 aromatic carbocycles. The van der Waals surface area contributed by atoms with Crippen molar-refractivity contribution in [2.45, 2.75) is 37.1 Å². The van der Waals surface area contributed by atoms with Crippen molar-refractivity contribution in [3.05, 3.63) is 29.6 Å². The number of benzene rings is 1. The first kappa shape index (κ1) is 15.9. The van der Waals surface area contributed by atoms with Crippen LogP contribution in [0.1, 0.15) is 26.2 Å². The van der Waals surface area contributed by atoms with Crippen LogP contribution >= 0.6 is 11.3 Å². The van der Waals surface area contributed by atoms with Gasteiger partial charge in [0.25, 0.3) is 0 Å². The van der Waals surface area contributed by atoms with Gasteiger partial charge >= 0.3 is 5.97 Å². The van der Waals surface area contributed by atoms with E-state index in [9.17, 15) is 13.2 Å². The van der Waals surface area contributed by atoms with E-state index in [2.05, 4.69) is 4.72 Å². The van der Waals surface area contributed by atoms with Crippen molar-refractivity contribution >= 4 is 37.4 Å². The van der Waals surface area contributed by atoms with Crippen LogP contribution in [0.15, 0.2) is 34.5 Å². The number of sulfonamides is 1. The Morgan fingerprint density at radius 3 is 2.76 bits per heavy atom. The molecule has 0 bridgehead atoms. The molecule has 0 aliphatic rings. The summed E-state index contributed by atoms with van der Waals surface area (Å²) in [4.78, 5) is 11.3. The molecule has 5 nitrogen and oxygen atoms in total. The van der Waals surface area contributed by atoms with Gasteiger partial charge in [-0.2, -0.15) is 4.72 Å². The van der Waals surface area contributed by atoms with Crippen LogP contribution in [0, 0.1) is 0 Å². The molecule has 7 heteroatoms. The number of unbranched alkanes of at least 4 members (excludes halogenated alkanes) is 1. The van der Waals surface area contributed by atoms with Crippen molar-refractivity contribution in [2.24, 2.45) is 0 Å². The molecule has 0 aliphatic carbocycles. The molecule has 0 radical (unpaired) electrons. The average Bonchev–Trinajstić information content (AvgIpc) is 2.87. The minimum absolute atomic E-state index is 0.144. The third-order valence-electron chi connectivity index (χ3n) is 3.18. The van der Waals surface area contributed by atoms with Gasteiger partial charge in [0.05, 0.1) is 0 Å². The van der Waals surface area contributed by atoms with Gasteiger partial charge in [-0.25, -0.2) is 8.42 Å². The molecular weight excluding hydrogens is 310 g/mol. The summed E-state index contributed by atoms with van der Waals surface area (Å²) >= 11 is 1.33. The second-order valence-corrected chi connectivity index (χ2v) is 7.34. The van der Waals surface area contributed by atoms with E-state index in [0.29, 0.717) is 11.8 Å². The smallest absolute Gasteiger partial charge is 0.321 e. The minimum atomic E-state index is -3.84. The maximum Gasteiger partial charge on any atom is 0.321 e. The van der Waals surface area contributed by atoms with Gasteiger partial charge < -0.3 is 5.11 Å². The molecule has 0 amide bonds. The Kier molecular flexibility index (Phi) is 4.97. The van der Waals surface area contributed by atoms with Crippen molar-refractivity contribution < 1.29 is 18.3 Å². The van der Waals surface area contributed by atoms with Crippen molar-refractivity contribution in [2.75, 3.05) is 0 Å². The number of aliphatic carboxylic acids is 1. The molecule has 2 aromatic rings. The van der Waals surface area contributed by atoms with Crippen molar-refractivity contribution in [1.29, 1.82) is 0 Å². The molecule has 1 heterocycles. The number of fused-ring (bicyclic) bond motifs is 1. The summed E-state index contributed by atoms with van der Waals surface area (Å²) in [6.07, 6.45) is 1.75. The molecule has 114 valence electrons. The monoisotopic (exact) mass is 327 g/mol. The fourth-order valence-corrected chi connectivity index (χ4v) is 4.78. The molecule has 0 fully saturated rings. The molecule has 0 spiro atoms. The summed E-state index contributed by atoms with van der Waals surface area (Å²) in [6.45, 7) is 1.93. The lowest BCUT2D eigenvalue weighted by Gasteiger charge is -2.14. The third kappa shape index (κ3) is 3.61. The number of nitrogens with one attached hydrogen (secondary N) is 1. The highest BCUT2D eigenvalue weighted by Crippen LogP contribution is 2.29. The molecule has 1 aromatic heterocycles. The Hall–Kier alpha value is -1.44. The summed E-state index contributed by atoms with van der Waals surface area (Å²) in [5, 5.41) is 11.3. The van der Waals surface area contributed by atoms with Crippen LogP contribution in [0.3, 0.4) is 0 Å². The summed E-state index contributed by atoms with van der Waals surface area (Å²) < 4.78 is 28.0. The Morgan fingerprint density at radius 1 is 1.38 bits per heavy atom. The highest BCUT2D eigenvalue weighted by Gasteiger charge is 2.26. The number of carbonyl (C=O) groups is 1. The van der Waals surface area contributed by atoms with Crippen molar-refractivity contribution in [3.8, 4) is 0 Å². The summed E-state index contributed by atoms with van der Waals surface area (Å²) in [6, 6.07) is 6.07. The van der Waals surface area contributed by atoms with Gasteiger partial charge in [-0.3, -0.25) is 4.79 Å². The zero-order valence-electron chi connectivity index (χ0n) is 11.6. The Balaban J connectivity index is 2.30. The van der Waals surface area contributed by atoms with E-state index in [1.54, 1.807) is 17.5 Å². The summed E-state index contributed by atoms with van der Waals surface area (Å²) in [5.74, 6) is -1.15. The first-order valence-electron chi connectivity index (χ1n) is 6.67. The van der Waals surface area contributed by atoms with Gasteiger partial charge in [0, 0.05) is 15.5 Å². The highest BCUT2D eigenvalue weighted by atomic mass is 32.2. The number of rotatable bonds is 7. The van der Waals surface area contributed by atoms with Crippen LogP contribution in [0.5, 0.6) is 0 Å². The second kappa shape index (κ2) is 6.55. The maximum absolute atomic E-state index is 12.4. The van der Waals surface area contributed by atoms with E-state index < -0.39 is 22.0 Å². The van der Waals surface area contributed by atoms with E-state index in [0.717, 1.165) is 11.1 Å². The molecule has 0 aliphatic heterocycles. The van der Waals surface area contributed by atoms with Crippen LogP contribution in [-0.4, -0.2) is 25.5 Å². The summed E-state index contributed by atoms with van der Waals surface area (Å²) in [5.41, 5.74) is 0. The normalized spacial score (nSPS) is 13.4. The van der Waals surface area contributed by atoms with Gasteiger partial charge in [0.1, 0.15) is 10.9 Å². The third-order valence-corrected chi connectivity index (χ3v) is 5.80. The maximum atomic E-state index is 12.4. The number of hydrogen-bond donors (Lipinski definition) is 2. The predicted molar refractivity (Wildman–Crippen MR) is 83.1 cm³/mol. The van der Waals surface area contributed by atoms with Gasteiger partial charge in [-0.15, -0.1) is 11.3 Å². The van der Waals surface area contributed by atoms with Gasteiger partial charge in [0.2, 0.25) is 10.0 Å². The molecule has 0 unspecified atom stereocenters. The number of carboxylic acids is 1. The lowest BCUT2D eigenvalue weighted by molar-refractivity contribution is -0.139. The molecule has 2 rings (SSSR count). The fourth-order valence-electron chi connectivity index (χ4n) is 2.05. The fraction of sp³-hybridized carbons (Fsp3) is 0.357. The molecular formula is C14H17NO4S2. The van der Waals surface area contributed by atoms with Crippen LogP contribution in [0.2, 0.25) is 0 Å². The van der Waals surface area contributed by atoms with Crippen molar-refractivity contribution in [3.63, 3.8) is 0 Å². The minimum Gasteiger partial charge on any atom is -0.480 e. The molecule has 1 atom stereocenters. The number of hydrogen-bond acceptors (Lipinski definition) is 4. The van der Waals surface area contributed by atoms with Gasteiger partial charge in [-0.1, -0.05) is 38.0 Å². The van der Waals surface area contributed by atoms with E-state index >= 15 is 0 Å². The molecule has 0 saturated carbocycles. The van der Waals surface area contributed by atoms with E-state index in [-0.39, 0.29) is 11.3 Å². The number of thiophene rings is 1. The largest absolute Gasteiger partial charge is 0.480 e. The van der Waals surface area contributed by atoms with Gasteiger partial charge in [-0.05, 0) is 12.5 Å². The molecule has 0 saturated heterocycles. The van der Waals surface area contributed by atoms with E-state index in [1.807, 2.05) is 19.1 Å². The van der Waals surface area contributed by atoms with Gasteiger partial charge in [0.15, 0.2) is 0 Å². The van der Waals surface area contributed by atoms with Crippen LogP contribution in [0.4, 0.5) is 0 Å². The zero-order chi connectivity index (χ0) is 15.5. The van der Waals surface area contributed by atoms with E-state index in [4.69, 9.17) is 5.11 Å². The molecule has 2 N–H and O–H groups in total. The van der Waals surface area contributed by atoms with Crippen LogP contribution in [-0.2, 0) is 14.8 Å². The lowest BCUT2D eigenvalue weighted by Crippen LogP contribution is -2.40. The van der Waals surface area contributed by atoms with Crippen LogP contribution in [0.25, 0.3) is 10.1 Å². The van der Waals surface area contributed by atoms with Crippen LogP contribution < -0.4 is 4.72 Å². The first-order chi connectivity index (χ1) is 9.95. The second-order valence-electron chi connectivity index (χ2n) is 4.75. The quantitative estimate of drug-likeness (QED) is 0.819. The Labute approximate surface area is 127 Å². The van der Waals surface area contributed by atoms with E-state index in [1.165, 1.54) is 11.3 Å².